The smallest absolute Gasteiger partial charge is 0.305 e. The molecule has 3 rings (SSSR count). The summed E-state index contributed by atoms with van der Waals surface area (Å²) in [4.78, 5) is 26.7. The van der Waals surface area contributed by atoms with Crippen molar-refractivity contribution in [3.63, 3.8) is 0 Å². The van der Waals surface area contributed by atoms with E-state index in [4.69, 9.17) is 9.05 Å². The van der Waals surface area contributed by atoms with E-state index in [0.29, 0.717) is 0 Å². The first-order valence-corrected chi connectivity index (χ1v) is 12.3. The third-order valence-corrected chi connectivity index (χ3v) is 8.02. The Balaban J connectivity index is 2.19. The lowest BCUT2D eigenvalue weighted by Crippen LogP contribution is -2.50. The molecule has 0 aromatic carbocycles. The molecule has 7 nitrogen and oxygen atoms in total. The molecular weight excluding hydrogens is 379 g/mol. The fourth-order valence-electron chi connectivity index (χ4n) is 4.56. The number of nitrogens with zero attached hydrogens (tertiary/aromatic N) is 2. The summed E-state index contributed by atoms with van der Waals surface area (Å²) in [5.74, 6) is 0. The van der Waals surface area contributed by atoms with E-state index in [1.165, 1.54) is 10.8 Å². The maximum atomic E-state index is 13.4. The third-order valence-electron chi connectivity index (χ3n) is 5.93. The quantitative estimate of drug-likeness (QED) is 0.635. The van der Waals surface area contributed by atoms with Crippen LogP contribution in [-0.2, 0) is 13.6 Å². The Labute approximate surface area is 166 Å². The summed E-state index contributed by atoms with van der Waals surface area (Å²) >= 11 is 0. The Hall–Kier alpha value is -1.17. The molecule has 0 amide bonds. The Morgan fingerprint density at radius 1 is 0.893 bits per heavy atom. The second kappa shape index (κ2) is 9.55. The van der Waals surface area contributed by atoms with Crippen LogP contribution in [0.3, 0.4) is 0 Å². The average molecular weight is 412 g/mol. The molecule has 1 aromatic heterocycles. The van der Waals surface area contributed by atoms with Crippen molar-refractivity contribution in [1.29, 1.82) is 0 Å². The third kappa shape index (κ3) is 4.37. The monoisotopic (exact) mass is 412 g/mol. The van der Waals surface area contributed by atoms with Gasteiger partial charge in [-0.2, -0.15) is 0 Å². The predicted octanol–water partition coefficient (Wildman–Crippen LogP) is 3.91. The molecule has 0 saturated heterocycles. The van der Waals surface area contributed by atoms with Gasteiger partial charge in [-0.25, -0.2) is 4.79 Å². The van der Waals surface area contributed by atoms with Gasteiger partial charge in [0.05, 0.1) is 13.2 Å². The summed E-state index contributed by atoms with van der Waals surface area (Å²) in [5, 5.41) is 0.00643. The van der Waals surface area contributed by atoms with Crippen molar-refractivity contribution in [3.05, 3.63) is 27.0 Å². The fourth-order valence-corrected chi connectivity index (χ4v) is 6.20. The predicted molar refractivity (Wildman–Crippen MR) is 110 cm³/mol. The summed E-state index contributed by atoms with van der Waals surface area (Å²) in [5.41, 5.74) is -0.777. The summed E-state index contributed by atoms with van der Waals surface area (Å²) in [6.07, 6.45) is 11.3. The first-order valence-electron chi connectivity index (χ1n) is 10.8. The largest absolute Gasteiger partial charge is 0.368 e. The van der Waals surface area contributed by atoms with Gasteiger partial charge in [0.25, 0.3) is 5.56 Å². The van der Waals surface area contributed by atoms with Gasteiger partial charge in [-0.1, -0.05) is 38.5 Å². The molecule has 8 heteroatoms. The van der Waals surface area contributed by atoms with Gasteiger partial charge in [-0.15, -0.1) is 0 Å². The molecule has 0 aliphatic heterocycles. The second-order valence-corrected chi connectivity index (χ2v) is 9.79. The van der Waals surface area contributed by atoms with Crippen LogP contribution in [0.15, 0.2) is 15.8 Å². The molecule has 0 atom stereocenters. The zero-order chi connectivity index (χ0) is 20.1. The Morgan fingerprint density at radius 3 is 1.89 bits per heavy atom. The van der Waals surface area contributed by atoms with Crippen molar-refractivity contribution < 1.29 is 13.6 Å². The van der Waals surface area contributed by atoms with Gasteiger partial charge >= 0.3 is 13.3 Å². The van der Waals surface area contributed by atoms with E-state index in [-0.39, 0.29) is 36.3 Å². The Bertz CT molecular complexity index is 809. The van der Waals surface area contributed by atoms with E-state index in [1.807, 2.05) is 0 Å². The van der Waals surface area contributed by atoms with E-state index < -0.39 is 13.2 Å². The zero-order valence-corrected chi connectivity index (χ0v) is 18.0. The molecule has 2 saturated carbocycles. The minimum atomic E-state index is -3.78. The highest BCUT2D eigenvalue weighted by Gasteiger charge is 2.35. The topological polar surface area (TPSA) is 79.5 Å². The molecule has 0 spiro atoms. The van der Waals surface area contributed by atoms with Crippen LogP contribution in [0.5, 0.6) is 0 Å². The molecule has 2 fully saturated rings. The van der Waals surface area contributed by atoms with Crippen LogP contribution in [0.25, 0.3) is 0 Å². The van der Waals surface area contributed by atoms with Crippen LogP contribution in [0.2, 0.25) is 0 Å². The molecular formula is C20H33N2O5P. The Morgan fingerprint density at radius 2 is 1.39 bits per heavy atom. The van der Waals surface area contributed by atoms with Crippen molar-refractivity contribution in [1.82, 2.24) is 9.13 Å². The van der Waals surface area contributed by atoms with Crippen molar-refractivity contribution >= 4 is 12.9 Å². The maximum Gasteiger partial charge on any atom is 0.368 e. The lowest BCUT2D eigenvalue weighted by atomic mass is 9.94. The number of hydrogen-bond acceptors (Lipinski definition) is 5. The van der Waals surface area contributed by atoms with E-state index >= 15 is 0 Å². The average Bonchev–Trinajstić information content (AvgIpc) is 2.70. The molecule has 2 aliphatic rings. The highest BCUT2D eigenvalue weighted by Crippen LogP contribution is 2.46. The summed E-state index contributed by atoms with van der Waals surface area (Å²) < 4.78 is 27.4. The normalized spacial score (nSPS) is 19.8. The van der Waals surface area contributed by atoms with Gasteiger partial charge in [0, 0.05) is 18.3 Å². The van der Waals surface area contributed by atoms with Gasteiger partial charge < -0.3 is 9.05 Å². The van der Waals surface area contributed by atoms with Crippen molar-refractivity contribution in [2.45, 2.75) is 90.1 Å². The van der Waals surface area contributed by atoms with E-state index in [1.54, 1.807) is 18.4 Å². The molecule has 0 N–H and O–H groups in total. The Kier molecular flexibility index (Phi) is 7.35. The van der Waals surface area contributed by atoms with Crippen LogP contribution >= 0.6 is 7.60 Å². The lowest BCUT2D eigenvalue weighted by molar-refractivity contribution is 0.228. The van der Waals surface area contributed by atoms with Crippen molar-refractivity contribution in [2.24, 2.45) is 0 Å². The van der Waals surface area contributed by atoms with Crippen LogP contribution in [0, 0.1) is 0 Å². The van der Waals surface area contributed by atoms with Gasteiger partial charge in [0.2, 0.25) is 0 Å². The van der Waals surface area contributed by atoms with Gasteiger partial charge in [0.15, 0.2) is 0 Å². The molecule has 158 valence electrons. The van der Waals surface area contributed by atoms with Gasteiger partial charge in [-0.05, 0) is 39.5 Å². The summed E-state index contributed by atoms with van der Waals surface area (Å²) in [7, 11) is -3.78. The molecule has 0 bridgehead atoms. The van der Waals surface area contributed by atoms with E-state index in [0.717, 1.165) is 64.2 Å². The maximum absolute atomic E-state index is 13.4. The fraction of sp³-hybridized carbons (Fsp3) is 0.800. The first-order chi connectivity index (χ1) is 13.5. The van der Waals surface area contributed by atoms with Crippen LogP contribution in [0.4, 0.5) is 0 Å². The first kappa shape index (κ1) is 21.5. The summed E-state index contributed by atoms with van der Waals surface area (Å²) in [6.45, 7) is 3.79. The molecule has 28 heavy (non-hydrogen) atoms. The van der Waals surface area contributed by atoms with Gasteiger partial charge in [0.1, 0.15) is 5.30 Å². The standard InChI is InChI=1S/C20H33N2O5P/c1-3-26-28(25,27-4-2)18-15-21(16-11-7-5-8-12-16)20(24)22(19(18)23)17-13-9-6-10-14-17/h15-17H,3-14H2,1-2H3. The van der Waals surface area contributed by atoms with E-state index in [2.05, 4.69) is 0 Å². The summed E-state index contributed by atoms with van der Waals surface area (Å²) in [6, 6.07) is -0.104. The highest BCUT2D eigenvalue weighted by atomic mass is 31.2. The second-order valence-electron chi connectivity index (χ2n) is 7.80. The molecule has 0 radical (unpaired) electrons. The molecule has 1 heterocycles. The molecule has 0 unspecified atom stereocenters. The van der Waals surface area contributed by atoms with Crippen LogP contribution < -0.4 is 16.6 Å². The SMILES string of the molecule is CCOP(=O)(OCC)c1cn(C2CCCCC2)c(=O)n(C2CCCCC2)c1=O. The molecule has 1 aromatic rings. The van der Waals surface area contributed by atoms with Crippen molar-refractivity contribution in [2.75, 3.05) is 13.2 Å². The molecule has 2 aliphatic carbocycles. The number of hydrogen-bond donors (Lipinski definition) is 0. The van der Waals surface area contributed by atoms with Crippen LogP contribution in [-0.4, -0.2) is 22.3 Å². The highest BCUT2D eigenvalue weighted by molar-refractivity contribution is 7.62. The number of rotatable bonds is 7. The number of aromatic nitrogens is 2. The zero-order valence-electron chi connectivity index (χ0n) is 17.1. The van der Waals surface area contributed by atoms with Crippen LogP contribution in [0.1, 0.15) is 90.1 Å². The minimum absolute atomic E-state index is 0.00643. The lowest BCUT2D eigenvalue weighted by Gasteiger charge is -2.29. The van der Waals surface area contributed by atoms with E-state index in [9.17, 15) is 14.2 Å². The minimum Gasteiger partial charge on any atom is -0.305 e. The van der Waals surface area contributed by atoms with Crippen molar-refractivity contribution in [3.8, 4) is 0 Å². The van der Waals surface area contributed by atoms with Gasteiger partial charge in [-0.3, -0.25) is 18.5 Å².